The molecule has 7 nitrogen and oxygen atoms in total. The van der Waals surface area contributed by atoms with Crippen LogP contribution in [0.2, 0.25) is 0 Å². The molecule has 0 unspecified atom stereocenters. The van der Waals surface area contributed by atoms with Gasteiger partial charge in [-0.15, -0.1) is 0 Å². The fourth-order valence-electron chi connectivity index (χ4n) is 3.78. The molecule has 4 rings (SSSR count). The second kappa shape index (κ2) is 8.90. The van der Waals surface area contributed by atoms with Gasteiger partial charge in [0.05, 0.1) is 13.7 Å². The van der Waals surface area contributed by atoms with Gasteiger partial charge in [0.15, 0.2) is 12.5 Å². The Labute approximate surface area is 175 Å². The molecule has 1 aliphatic carbocycles. The molecule has 1 amide bonds. The predicted octanol–water partition coefficient (Wildman–Crippen LogP) is 3.54. The Kier molecular flexibility index (Phi) is 5.88. The van der Waals surface area contributed by atoms with Gasteiger partial charge in [-0.05, 0) is 55.5 Å². The Morgan fingerprint density at radius 3 is 2.60 bits per heavy atom. The van der Waals surface area contributed by atoms with Crippen molar-refractivity contribution in [2.75, 3.05) is 19.0 Å². The summed E-state index contributed by atoms with van der Waals surface area (Å²) in [6.07, 6.45) is 5.33. The quantitative estimate of drug-likeness (QED) is 0.626. The zero-order valence-corrected chi connectivity index (χ0v) is 16.9. The maximum atomic E-state index is 12.3. The highest BCUT2D eigenvalue weighted by Crippen LogP contribution is 2.40. The fraction of sp³-hybridized carbons (Fsp3) is 0.304. The fourth-order valence-corrected chi connectivity index (χ4v) is 3.78. The summed E-state index contributed by atoms with van der Waals surface area (Å²) in [4.78, 5) is 16.4. The van der Waals surface area contributed by atoms with Crippen LogP contribution in [-0.2, 0) is 24.2 Å². The molecule has 156 valence electrons. The van der Waals surface area contributed by atoms with E-state index in [0.29, 0.717) is 18.2 Å². The summed E-state index contributed by atoms with van der Waals surface area (Å²) in [6, 6.07) is 13.0. The first kappa shape index (κ1) is 19.8. The summed E-state index contributed by atoms with van der Waals surface area (Å²) in [5.74, 6) is 1.74. The molecule has 0 bridgehead atoms. The number of nitrogens with one attached hydrogen (secondary N) is 1. The van der Waals surface area contributed by atoms with E-state index in [0.717, 1.165) is 48.1 Å². The largest absolute Gasteiger partial charge is 0.497 e. The van der Waals surface area contributed by atoms with E-state index in [1.165, 1.54) is 0 Å². The van der Waals surface area contributed by atoms with Crippen molar-refractivity contribution < 1.29 is 19.4 Å². The molecule has 1 aromatic carbocycles. The number of ether oxygens (including phenoxy) is 2. The lowest BCUT2D eigenvalue weighted by Crippen LogP contribution is -2.22. The summed E-state index contributed by atoms with van der Waals surface area (Å²) in [5.41, 5.74) is 2.93. The first-order valence-electron chi connectivity index (χ1n) is 10.1. The summed E-state index contributed by atoms with van der Waals surface area (Å²) < 4.78 is 12.9. The highest BCUT2D eigenvalue weighted by Gasteiger charge is 2.26. The Bertz CT molecular complexity index is 1010. The van der Waals surface area contributed by atoms with E-state index >= 15 is 0 Å². The van der Waals surface area contributed by atoms with Crippen molar-refractivity contribution >= 4 is 11.7 Å². The zero-order chi connectivity index (χ0) is 20.9. The average molecular weight is 407 g/mol. The second-order valence-corrected chi connectivity index (χ2v) is 7.28. The number of pyridine rings is 1. The third-order valence-corrected chi connectivity index (χ3v) is 5.27. The van der Waals surface area contributed by atoms with Crippen LogP contribution < -0.4 is 14.8 Å². The Morgan fingerprint density at radius 2 is 1.90 bits per heavy atom. The molecule has 2 N–H and O–H groups in total. The van der Waals surface area contributed by atoms with Crippen molar-refractivity contribution in [1.29, 1.82) is 0 Å². The second-order valence-electron chi connectivity index (χ2n) is 7.28. The highest BCUT2D eigenvalue weighted by atomic mass is 16.5. The lowest BCUT2D eigenvalue weighted by Gasteiger charge is -2.14. The Balaban J connectivity index is 1.55. The van der Waals surface area contributed by atoms with Crippen LogP contribution in [-0.4, -0.2) is 34.3 Å². The summed E-state index contributed by atoms with van der Waals surface area (Å²) in [7, 11) is 1.63. The summed E-state index contributed by atoms with van der Waals surface area (Å²) in [5, 5.41) is 13.6. The Hall–Kier alpha value is -3.48. The van der Waals surface area contributed by atoms with Gasteiger partial charge in [0.1, 0.15) is 11.6 Å². The number of methoxy groups -OCH3 is 1. The van der Waals surface area contributed by atoms with Crippen LogP contribution in [0, 0.1) is 0 Å². The van der Waals surface area contributed by atoms with E-state index < -0.39 is 0 Å². The number of hydrogen-bond donors (Lipinski definition) is 2. The number of aromatic hydroxyl groups is 1. The predicted molar refractivity (Wildman–Crippen MR) is 113 cm³/mol. The van der Waals surface area contributed by atoms with Crippen molar-refractivity contribution in [1.82, 2.24) is 9.55 Å². The van der Waals surface area contributed by atoms with Gasteiger partial charge in [-0.2, -0.15) is 0 Å². The zero-order valence-electron chi connectivity index (χ0n) is 16.9. The topological polar surface area (TPSA) is 85.6 Å². The number of nitrogens with zero attached hydrogens (tertiary/aromatic N) is 2. The number of amides is 1. The molecular weight excluding hydrogens is 382 g/mol. The molecule has 30 heavy (non-hydrogen) atoms. The van der Waals surface area contributed by atoms with E-state index in [1.54, 1.807) is 36.1 Å². The van der Waals surface area contributed by atoms with Gasteiger partial charge in [-0.1, -0.05) is 18.2 Å². The lowest BCUT2D eigenvalue weighted by molar-refractivity contribution is -0.118. The molecule has 0 spiro atoms. The molecule has 3 aromatic rings. The molecule has 0 fully saturated rings. The van der Waals surface area contributed by atoms with Crippen LogP contribution >= 0.6 is 0 Å². The highest BCUT2D eigenvalue weighted by molar-refractivity contribution is 5.90. The monoisotopic (exact) mass is 407 g/mol. The van der Waals surface area contributed by atoms with Gasteiger partial charge >= 0.3 is 0 Å². The summed E-state index contributed by atoms with van der Waals surface area (Å²) >= 11 is 0. The Morgan fingerprint density at radius 1 is 1.13 bits per heavy atom. The van der Waals surface area contributed by atoms with Crippen LogP contribution in [0.15, 0.2) is 48.7 Å². The van der Waals surface area contributed by atoms with Crippen molar-refractivity contribution in [3.63, 3.8) is 0 Å². The van der Waals surface area contributed by atoms with Crippen molar-refractivity contribution in [2.24, 2.45) is 0 Å². The number of hydrogen-bond acceptors (Lipinski definition) is 5. The maximum Gasteiger partial charge on any atom is 0.263 e. The lowest BCUT2D eigenvalue weighted by atomic mass is 9.95. The molecule has 2 heterocycles. The van der Waals surface area contributed by atoms with Crippen LogP contribution in [0.4, 0.5) is 5.82 Å². The minimum Gasteiger partial charge on any atom is -0.497 e. The molecule has 0 saturated heterocycles. The van der Waals surface area contributed by atoms with E-state index in [4.69, 9.17) is 9.47 Å². The van der Waals surface area contributed by atoms with Gasteiger partial charge in [-0.25, -0.2) is 4.98 Å². The van der Waals surface area contributed by atoms with Gasteiger partial charge in [0.25, 0.3) is 5.91 Å². The molecule has 0 radical (unpaired) electrons. The standard InChI is InChI=1S/C23H25N3O4/c1-29-17-11-9-16(10-12-17)14-26-22(28)18-6-2-3-7-19(18)23(26)30-15-21(27)25-20-8-4-5-13-24-20/h4-5,8-13,28H,2-3,6-7,14-15H2,1H3,(H,24,25,27). The number of carbonyl (C=O) groups is 1. The number of fused-ring (bicyclic) bond motifs is 1. The first-order chi connectivity index (χ1) is 14.7. The smallest absolute Gasteiger partial charge is 0.263 e. The average Bonchev–Trinajstić information content (AvgIpc) is 3.05. The SMILES string of the molecule is COc1ccc(Cn2c(O)c3c(c2OCC(=O)Nc2ccccn2)CCCC3)cc1. The van der Waals surface area contributed by atoms with E-state index in [9.17, 15) is 9.90 Å². The molecule has 0 atom stereocenters. The van der Waals surface area contributed by atoms with Gasteiger partial charge < -0.3 is 19.9 Å². The number of benzene rings is 1. The van der Waals surface area contributed by atoms with E-state index in [2.05, 4.69) is 10.3 Å². The first-order valence-corrected chi connectivity index (χ1v) is 10.1. The molecule has 7 heteroatoms. The van der Waals surface area contributed by atoms with Crippen LogP contribution in [0.3, 0.4) is 0 Å². The third kappa shape index (κ3) is 4.25. The van der Waals surface area contributed by atoms with Crippen LogP contribution in [0.1, 0.15) is 29.5 Å². The molecule has 0 saturated carbocycles. The molecule has 1 aliphatic rings. The molecule has 2 aromatic heterocycles. The van der Waals surface area contributed by atoms with E-state index in [1.807, 2.05) is 24.3 Å². The minimum absolute atomic E-state index is 0.158. The number of aromatic nitrogens is 2. The van der Waals surface area contributed by atoms with Gasteiger partial charge in [-0.3, -0.25) is 9.36 Å². The van der Waals surface area contributed by atoms with E-state index in [-0.39, 0.29) is 18.4 Å². The minimum atomic E-state index is -0.296. The van der Waals surface area contributed by atoms with Crippen LogP contribution in [0.5, 0.6) is 17.5 Å². The summed E-state index contributed by atoms with van der Waals surface area (Å²) in [6.45, 7) is 0.287. The van der Waals surface area contributed by atoms with Crippen molar-refractivity contribution in [3.05, 3.63) is 65.4 Å². The molecular formula is C23H25N3O4. The number of anilines is 1. The van der Waals surface area contributed by atoms with Crippen molar-refractivity contribution in [3.8, 4) is 17.5 Å². The van der Waals surface area contributed by atoms with Crippen molar-refractivity contribution in [2.45, 2.75) is 32.2 Å². The van der Waals surface area contributed by atoms with Crippen LogP contribution in [0.25, 0.3) is 0 Å². The normalized spacial score (nSPS) is 12.8. The maximum absolute atomic E-state index is 12.3. The van der Waals surface area contributed by atoms with Gasteiger partial charge in [0, 0.05) is 17.3 Å². The van der Waals surface area contributed by atoms with Gasteiger partial charge in [0.2, 0.25) is 5.88 Å². The molecule has 0 aliphatic heterocycles. The number of rotatable bonds is 7. The third-order valence-electron chi connectivity index (χ3n) is 5.27. The number of carbonyl (C=O) groups excluding carboxylic acids is 1.